The highest BCUT2D eigenvalue weighted by Gasteiger charge is 2.09. The summed E-state index contributed by atoms with van der Waals surface area (Å²) in [7, 11) is 1.52. The van der Waals surface area contributed by atoms with Crippen LogP contribution in [0.4, 0.5) is 0 Å². The zero-order valence-corrected chi connectivity index (χ0v) is 16.6. The number of benzene rings is 2. The van der Waals surface area contributed by atoms with Gasteiger partial charge in [0.15, 0.2) is 18.1 Å². The van der Waals surface area contributed by atoms with Crippen molar-refractivity contribution in [3.63, 3.8) is 0 Å². The number of amides is 1. The highest BCUT2D eigenvalue weighted by atomic mass is 16.5. The molecule has 0 bridgehead atoms. The smallest absolute Gasteiger partial charge is 0.244 e. The maximum absolute atomic E-state index is 12.3. The lowest BCUT2D eigenvalue weighted by atomic mass is 10.1. The Morgan fingerprint density at radius 3 is 2.73 bits per heavy atom. The molecule has 1 atom stereocenters. The molecule has 2 aromatic carbocycles. The summed E-state index contributed by atoms with van der Waals surface area (Å²) in [6, 6.07) is 14.7. The van der Waals surface area contributed by atoms with E-state index >= 15 is 0 Å². The molecule has 0 fully saturated rings. The minimum Gasteiger partial charge on any atom is -0.493 e. The van der Waals surface area contributed by atoms with E-state index in [1.165, 1.54) is 19.5 Å². The number of methoxy groups -OCH3 is 1. The Kier molecular flexibility index (Phi) is 6.79. The van der Waals surface area contributed by atoms with Crippen molar-refractivity contribution < 1.29 is 14.3 Å². The van der Waals surface area contributed by atoms with Crippen molar-refractivity contribution in [2.24, 2.45) is 0 Å². The van der Waals surface area contributed by atoms with Gasteiger partial charge in [-0.3, -0.25) is 4.79 Å². The van der Waals surface area contributed by atoms with Crippen LogP contribution in [0.25, 0.3) is 11.8 Å². The number of nitrogens with one attached hydrogen (secondary N) is 1. The first kappa shape index (κ1) is 20.6. The summed E-state index contributed by atoms with van der Waals surface area (Å²) in [6.45, 7) is 1.85. The van der Waals surface area contributed by atoms with Crippen molar-refractivity contribution in [3.05, 3.63) is 72.3 Å². The SMILES string of the molecule is COc1cc(/C=C/C(=O)NC(C)c2ccc(-n3cncn3)cc2)ccc1OCC#N. The van der Waals surface area contributed by atoms with Crippen LogP contribution in [-0.4, -0.2) is 34.4 Å². The molecule has 0 saturated carbocycles. The van der Waals surface area contributed by atoms with E-state index in [9.17, 15) is 4.79 Å². The molecule has 8 nitrogen and oxygen atoms in total. The van der Waals surface area contributed by atoms with Crippen LogP contribution in [0.15, 0.2) is 61.2 Å². The van der Waals surface area contributed by atoms with Crippen molar-refractivity contribution >= 4 is 12.0 Å². The third kappa shape index (κ3) is 5.23. The van der Waals surface area contributed by atoms with Gasteiger partial charge in [-0.1, -0.05) is 18.2 Å². The van der Waals surface area contributed by atoms with Gasteiger partial charge in [0, 0.05) is 6.08 Å². The molecular weight excluding hydrogens is 382 g/mol. The van der Waals surface area contributed by atoms with E-state index < -0.39 is 0 Å². The van der Waals surface area contributed by atoms with Gasteiger partial charge in [-0.05, 0) is 48.4 Å². The van der Waals surface area contributed by atoms with Crippen LogP contribution in [0.2, 0.25) is 0 Å². The lowest BCUT2D eigenvalue weighted by molar-refractivity contribution is -0.117. The maximum atomic E-state index is 12.3. The van der Waals surface area contributed by atoms with E-state index in [4.69, 9.17) is 14.7 Å². The molecule has 1 unspecified atom stereocenters. The van der Waals surface area contributed by atoms with Crippen LogP contribution in [0, 0.1) is 11.3 Å². The fraction of sp³-hybridized carbons (Fsp3) is 0.182. The van der Waals surface area contributed by atoms with Crippen LogP contribution >= 0.6 is 0 Å². The average molecular weight is 403 g/mol. The normalized spacial score (nSPS) is 11.6. The largest absolute Gasteiger partial charge is 0.493 e. The van der Waals surface area contributed by atoms with E-state index in [1.54, 1.807) is 35.3 Å². The molecule has 3 rings (SSSR count). The van der Waals surface area contributed by atoms with Crippen LogP contribution in [0.5, 0.6) is 11.5 Å². The minimum absolute atomic E-state index is 0.0638. The summed E-state index contributed by atoms with van der Waals surface area (Å²) in [6.07, 6.45) is 6.26. The Morgan fingerprint density at radius 2 is 2.07 bits per heavy atom. The molecule has 0 radical (unpaired) electrons. The van der Waals surface area contributed by atoms with Gasteiger partial charge in [0.25, 0.3) is 0 Å². The monoisotopic (exact) mass is 403 g/mol. The molecule has 1 aromatic heterocycles. The Labute approximate surface area is 174 Å². The summed E-state index contributed by atoms with van der Waals surface area (Å²) in [5, 5.41) is 15.7. The third-order valence-corrected chi connectivity index (χ3v) is 4.34. The lowest BCUT2D eigenvalue weighted by Crippen LogP contribution is -2.24. The maximum Gasteiger partial charge on any atom is 0.244 e. The molecule has 0 spiro atoms. The van der Waals surface area contributed by atoms with Crippen molar-refractivity contribution in [2.45, 2.75) is 13.0 Å². The van der Waals surface area contributed by atoms with E-state index in [0.717, 1.165) is 16.8 Å². The first-order valence-electron chi connectivity index (χ1n) is 9.22. The van der Waals surface area contributed by atoms with Gasteiger partial charge in [-0.25, -0.2) is 9.67 Å². The van der Waals surface area contributed by atoms with Crippen LogP contribution in [-0.2, 0) is 4.79 Å². The lowest BCUT2D eigenvalue weighted by Gasteiger charge is -2.13. The summed E-state index contributed by atoms with van der Waals surface area (Å²) < 4.78 is 12.2. The molecule has 0 aliphatic rings. The van der Waals surface area contributed by atoms with Crippen LogP contribution < -0.4 is 14.8 Å². The number of aromatic nitrogens is 3. The molecule has 0 aliphatic heterocycles. The number of rotatable bonds is 8. The average Bonchev–Trinajstić information content (AvgIpc) is 3.31. The summed E-state index contributed by atoms with van der Waals surface area (Å²) in [4.78, 5) is 16.2. The van der Waals surface area contributed by atoms with Crippen molar-refractivity contribution in [1.82, 2.24) is 20.1 Å². The quantitative estimate of drug-likeness (QED) is 0.580. The van der Waals surface area contributed by atoms with Crippen LogP contribution in [0.1, 0.15) is 24.1 Å². The predicted molar refractivity (Wildman–Crippen MR) is 111 cm³/mol. The van der Waals surface area contributed by atoms with Crippen LogP contribution in [0.3, 0.4) is 0 Å². The minimum atomic E-state index is -0.216. The molecule has 1 amide bonds. The van der Waals surface area contributed by atoms with E-state index in [2.05, 4.69) is 15.4 Å². The fourth-order valence-corrected chi connectivity index (χ4v) is 2.79. The second kappa shape index (κ2) is 9.89. The Bertz CT molecular complexity index is 1050. The Morgan fingerprint density at radius 1 is 1.27 bits per heavy atom. The molecule has 152 valence electrons. The molecule has 3 aromatic rings. The fourth-order valence-electron chi connectivity index (χ4n) is 2.79. The number of hydrogen-bond acceptors (Lipinski definition) is 6. The molecule has 0 saturated heterocycles. The number of carbonyl (C=O) groups is 1. The molecule has 8 heteroatoms. The van der Waals surface area contributed by atoms with E-state index in [1.807, 2.05) is 37.3 Å². The molecule has 0 aliphatic carbocycles. The molecule has 1 heterocycles. The van der Waals surface area contributed by atoms with Gasteiger partial charge >= 0.3 is 0 Å². The summed E-state index contributed by atoms with van der Waals surface area (Å²) >= 11 is 0. The number of ether oxygens (including phenoxy) is 2. The summed E-state index contributed by atoms with van der Waals surface area (Å²) in [5.41, 5.74) is 2.64. The Hall–Kier alpha value is -4.12. The van der Waals surface area contributed by atoms with Gasteiger partial charge in [-0.15, -0.1) is 0 Å². The first-order chi connectivity index (χ1) is 14.6. The second-order valence-electron chi connectivity index (χ2n) is 6.35. The predicted octanol–water partition coefficient (Wildman–Crippen LogP) is 3.07. The van der Waals surface area contributed by atoms with Gasteiger partial charge in [-0.2, -0.15) is 10.4 Å². The third-order valence-electron chi connectivity index (χ3n) is 4.34. The molecule has 1 N–H and O–H groups in total. The van der Waals surface area contributed by atoms with Crippen molar-refractivity contribution in [2.75, 3.05) is 13.7 Å². The van der Waals surface area contributed by atoms with Gasteiger partial charge < -0.3 is 14.8 Å². The zero-order valence-electron chi connectivity index (χ0n) is 16.6. The molecule has 30 heavy (non-hydrogen) atoms. The number of hydrogen-bond donors (Lipinski definition) is 1. The first-order valence-corrected chi connectivity index (χ1v) is 9.22. The molecular formula is C22H21N5O3. The topological polar surface area (TPSA) is 102 Å². The number of nitrogens with zero attached hydrogens (tertiary/aromatic N) is 4. The van der Waals surface area contributed by atoms with E-state index in [0.29, 0.717) is 11.5 Å². The summed E-state index contributed by atoms with van der Waals surface area (Å²) in [5.74, 6) is 0.754. The highest BCUT2D eigenvalue weighted by molar-refractivity contribution is 5.92. The Balaban J connectivity index is 1.60. The zero-order chi connectivity index (χ0) is 21.3. The highest BCUT2D eigenvalue weighted by Crippen LogP contribution is 2.28. The van der Waals surface area contributed by atoms with Crippen molar-refractivity contribution in [1.29, 1.82) is 5.26 Å². The van der Waals surface area contributed by atoms with E-state index in [-0.39, 0.29) is 18.6 Å². The van der Waals surface area contributed by atoms with Gasteiger partial charge in [0.1, 0.15) is 18.7 Å². The van der Waals surface area contributed by atoms with Gasteiger partial charge in [0.2, 0.25) is 5.91 Å². The standard InChI is InChI=1S/C22H21N5O3/c1-16(18-5-7-19(8-6-18)27-15-24-14-25-27)26-22(28)10-4-17-3-9-20(30-12-11-23)21(13-17)29-2/h3-10,13-16H,12H2,1-2H3,(H,26,28)/b10-4+. The number of nitriles is 1. The number of carbonyl (C=O) groups excluding carboxylic acids is 1. The van der Waals surface area contributed by atoms with Gasteiger partial charge in [0.05, 0.1) is 18.8 Å². The second-order valence-corrected chi connectivity index (χ2v) is 6.35. The van der Waals surface area contributed by atoms with Crippen molar-refractivity contribution in [3.8, 4) is 23.3 Å².